The van der Waals surface area contributed by atoms with E-state index in [2.05, 4.69) is 11.0 Å². The lowest BCUT2D eigenvalue weighted by atomic mass is 9.77. The average molecular weight is 464 g/mol. The number of rotatable bonds is 7. The molecule has 1 unspecified atom stereocenters. The fraction of sp³-hybridized carbons (Fsp3) is 0.458. The summed E-state index contributed by atoms with van der Waals surface area (Å²) in [6.45, 7) is 1.85. The minimum atomic E-state index is -4.95. The Balaban J connectivity index is 2.15. The monoisotopic (exact) mass is 464 g/mol. The van der Waals surface area contributed by atoms with E-state index in [4.69, 9.17) is 9.47 Å². The highest BCUT2D eigenvalue weighted by atomic mass is 19.4. The number of carbonyl (C=O) groups is 1. The van der Waals surface area contributed by atoms with Gasteiger partial charge in [-0.05, 0) is 43.9 Å². The van der Waals surface area contributed by atoms with E-state index >= 15 is 0 Å². The number of allylic oxidation sites excluding steroid dienone is 7. The number of esters is 1. The Morgan fingerprint density at radius 1 is 1.36 bits per heavy atom. The molecule has 0 saturated heterocycles. The minimum absolute atomic E-state index is 0.0971. The maximum absolute atomic E-state index is 14.0. The van der Waals surface area contributed by atoms with Gasteiger partial charge in [0, 0.05) is 30.5 Å². The highest BCUT2D eigenvalue weighted by Crippen LogP contribution is 2.44. The van der Waals surface area contributed by atoms with Gasteiger partial charge in [0.05, 0.1) is 41.9 Å². The van der Waals surface area contributed by atoms with E-state index in [0.717, 1.165) is 31.4 Å². The largest absolute Gasteiger partial charge is 0.462 e. The minimum Gasteiger partial charge on any atom is -0.462 e. The van der Waals surface area contributed by atoms with Gasteiger partial charge in [0.15, 0.2) is 0 Å². The molecular formula is C24H24F4N2O3. The summed E-state index contributed by atoms with van der Waals surface area (Å²) in [6, 6.07) is 1.92. The van der Waals surface area contributed by atoms with Crippen LogP contribution in [0, 0.1) is 23.2 Å². The third-order valence-electron chi connectivity index (χ3n) is 5.86. The summed E-state index contributed by atoms with van der Waals surface area (Å²) < 4.78 is 66.4. The molecule has 1 aliphatic heterocycles. The smallest absolute Gasteiger partial charge is 0.417 e. The lowest BCUT2D eigenvalue weighted by molar-refractivity contribution is -0.141. The maximum Gasteiger partial charge on any atom is 0.417 e. The Kier molecular flexibility index (Phi) is 7.62. The average Bonchev–Trinajstić information content (AvgIpc) is 2.91. The van der Waals surface area contributed by atoms with Crippen molar-refractivity contribution in [1.82, 2.24) is 5.32 Å². The van der Waals surface area contributed by atoms with Crippen LogP contribution in [0.15, 0.2) is 63.5 Å². The number of halogens is 4. The first-order valence-electron chi connectivity index (χ1n) is 10.6. The highest BCUT2D eigenvalue weighted by Gasteiger charge is 2.45. The number of nitrogens with zero attached hydrogens (tertiary/aromatic N) is 1. The predicted molar refractivity (Wildman–Crippen MR) is 112 cm³/mol. The molecule has 1 saturated carbocycles. The van der Waals surface area contributed by atoms with E-state index in [1.807, 2.05) is 6.07 Å². The predicted octanol–water partition coefficient (Wildman–Crippen LogP) is 5.07. The third kappa shape index (κ3) is 5.47. The molecule has 9 heteroatoms. The Labute approximate surface area is 189 Å². The van der Waals surface area contributed by atoms with Crippen LogP contribution in [0.4, 0.5) is 17.6 Å². The van der Waals surface area contributed by atoms with Crippen LogP contribution in [-0.4, -0.2) is 32.5 Å². The van der Waals surface area contributed by atoms with Crippen molar-refractivity contribution in [1.29, 1.82) is 5.26 Å². The van der Waals surface area contributed by atoms with Gasteiger partial charge in [0.25, 0.3) is 0 Å². The van der Waals surface area contributed by atoms with Crippen LogP contribution in [-0.2, 0) is 14.3 Å². The second-order valence-corrected chi connectivity index (χ2v) is 8.07. The molecule has 0 bridgehead atoms. The van der Waals surface area contributed by atoms with E-state index in [1.165, 1.54) is 14.0 Å². The van der Waals surface area contributed by atoms with E-state index in [9.17, 15) is 27.6 Å². The van der Waals surface area contributed by atoms with Gasteiger partial charge in [-0.15, -0.1) is 5.73 Å². The summed E-state index contributed by atoms with van der Waals surface area (Å²) in [6.07, 6.45) is 0.282. The van der Waals surface area contributed by atoms with Gasteiger partial charge < -0.3 is 14.8 Å². The second-order valence-electron chi connectivity index (χ2n) is 8.07. The Morgan fingerprint density at radius 3 is 2.67 bits per heavy atom. The molecule has 0 aromatic carbocycles. The van der Waals surface area contributed by atoms with E-state index < -0.39 is 35.0 Å². The van der Waals surface area contributed by atoms with Crippen molar-refractivity contribution in [3.63, 3.8) is 0 Å². The number of carbonyl (C=O) groups excluding carboxylic acids is 1. The van der Waals surface area contributed by atoms with Gasteiger partial charge in [0.1, 0.15) is 5.83 Å². The van der Waals surface area contributed by atoms with Crippen LogP contribution in [0.1, 0.15) is 32.6 Å². The Bertz CT molecular complexity index is 1050. The van der Waals surface area contributed by atoms with Gasteiger partial charge in [-0.1, -0.05) is 6.42 Å². The summed E-state index contributed by atoms with van der Waals surface area (Å²) >= 11 is 0. The van der Waals surface area contributed by atoms with Crippen molar-refractivity contribution in [3.05, 3.63) is 63.5 Å². The first-order chi connectivity index (χ1) is 15.7. The fourth-order valence-corrected chi connectivity index (χ4v) is 3.93. The standard InChI is InChI=1S/C24H24F4N2O3/c1-14-18(12-29)21(17-8-4-7-16(25)11-19(17)24(26,27)28)22(20(30-14)9-10-32-2)23(31)33-13-15-5-3-6-15/h4,7,11,15,21,30H,3,5-6,9-10,13H2,1-2H3. The first-order valence-corrected chi connectivity index (χ1v) is 10.6. The lowest BCUT2D eigenvalue weighted by Crippen LogP contribution is -2.34. The molecule has 176 valence electrons. The van der Waals surface area contributed by atoms with Gasteiger partial charge in [-0.2, -0.15) is 18.4 Å². The van der Waals surface area contributed by atoms with Crippen LogP contribution in [0.5, 0.6) is 0 Å². The van der Waals surface area contributed by atoms with Crippen LogP contribution < -0.4 is 5.32 Å². The second kappa shape index (κ2) is 10.2. The first kappa shape index (κ1) is 24.6. The zero-order valence-electron chi connectivity index (χ0n) is 18.3. The van der Waals surface area contributed by atoms with E-state index in [1.54, 1.807) is 0 Å². The molecule has 3 rings (SSSR count). The van der Waals surface area contributed by atoms with Gasteiger partial charge in [-0.3, -0.25) is 0 Å². The number of dihydropyridines is 1. The van der Waals surface area contributed by atoms with Crippen LogP contribution in [0.25, 0.3) is 0 Å². The number of nitriles is 1. The third-order valence-corrected chi connectivity index (χ3v) is 5.86. The lowest BCUT2D eigenvalue weighted by Gasteiger charge is -2.32. The molecule has 5 nitrogen and oxygen atoms in total. The topological polar surface area (TPSA) is 71.3 Å². The van der Waals surface area contributed by atoms with E-state index in [0.29, 0.717) is 11.8 Å². The Hall–Kier alpha value is -3.08. The molecule has 0 radical (unpaired) electrons. The summed E-state index contributed by atoms with van der Waals surface area (Å²) in [7, 11) is 1.45. The molecule has 0 aromatic rings. The molecule has 0 aromatic heterocycles. The summed E-state index contributed by atoms with van der Waals surface area (Å²) in [4.78, 5) is 13.2. The van der Waals surface area contributed by atoms with Crippen LogP contribution in [0.2, 0.25) is 0 Å². The normalized spacial score (nSPS) is 21.4. The number of methoxy groups -OCH3 is 1. The maximum atomic E-state index is 14.0. The van der Waals surface area contributed by atoms with Crippen molar-refractivity contribution in [3.8, 4) is 6.07 Å². The number of hydrogen-bond donors (Lipinski definition) is 1. The molecular weight excluding hydrogens is 440 g/mol. The van der Waals surface area contributed by atoms with Gasteiger partial charge in [0.2, 0.25) is 0 Å². The van der Waals surface area contributed by atoms with Gasteiger partial charge >= 0.3 is 12.1 Å². The van der Waals surface area contributed by atoms with Crippen molar-refractivity contribution < 1.29 is 31.8 Å². The fourth-order valence-electron chi connectivity index (χ4n) is 3.93. The number of alkyl halides is 3. The zero-order chi connectivity index (χ0) is 24.2. The SMILES string of the molecule is COCCC1=C(C(=O)OCC2CCC2)C(C2=C=CC=C(F)C=C2C(F)(F)F)C(C#N)=C(C)N1. The molecule has 3 aliphatic rings. The number of ether oxygens (including phenoxy) is 2. The Morgan fingerprint density at radius 2 is 2.09 bits per heavy atom. The van der Waals surface area contributed by atoms with Crippen molar-refractivity contribution in [2.24, 2.45) is 11.8 Å². The molecule has 2 aliphatic carbocycles. The van der Waals surface area contributed by atoms with Crippen molar-refractivity contribution >= 4 is 5.97 Å². The molecule has 0 amide bonds. The summed E-state index contributed by atoms with van der Waals surface area (Å²) in [5.41, 5.74) is 1.01. The summed E-state index contributed by atoms with van der Waals surface area (Å²) in [5.74, 6) is -3.16. The van der Waals surface area contributed by atoms with Crippen molar-refractivity contribution in [2.75, 3.05) is 20.3 Å². The van der Waals surface area contributed by atoms with Crippen LogP contribution in [0.3, 0.4) is 0 Å². The molecule has 33 heavy (non-hydrogen) atoms. The van der Waals surface area contributed by atoms with E-state index in [-0.39, 0.29) is 42.4 Å². The molecule has 0 spiro atoms. The van der Waals surface area contributed by atoms with Gasteiger partial charge in [-0.25, -0.2) is 9.18 Å². The van der Waals surface area contributed by atoms with Crippen molar-refractivity contribution in [2.45, 2.75) is 38.8 Å². The number of hydrogen-bond acceptors (Lipinski definition) is 5. The highest BCUT2D eigenvalue weighted by molar-refractivity contribution is 5.92. The van der Waals surface area contributed by atoms with Crippen LogP contribution >= 0.6 is 0 Å². The zero-order valence-corrected chi connectivity index (χ0v) is 18.3. The molecule has 1 N–H and O–H groups in total. The summed E-state index contributed by atoms with van der Waals surface area (Å²) in [5, 5.41) is 12.8. The molecule has 1 fully saturated rings. The quantitative estimate of drug-likeness (QED) is 0.324. The molecule has 1 heterocycles. The number of nitrogens with one attached hydrogen (secondary N) is 1. The molecule has 1 atom stereocenters.